The highest BCUT2D eigenvalue weighted by Gasteiger charge is 2.48. The lowest BCUT2D eigenvalue weighted by atomic mass is 9.64. The molecule has 11 heteroatoms. The molecule has 2 aliphatic carbocycles. The molecule has 1 N–H and O–H groups in total. The van der Waals surface area contributed by atoms with E-state index in [0.717, 1.165) is 63.5 Å². The lowest BCUT2D eigenvalue weighted by Gasteiger charge is -2.36. The topological polar surface area (TPSA) is 132 Å². The van der Waals surface area contributed by atoms with Crippen molar-refractivity contribution in [3.8, 4) is 28.8 Å². The first kappa shape index (κ1) is 26.1. The van der Waals surface area contributed by atoms with Crippen LogP contribution in [0.25, 0.3) is 22.9 Å². The number of hydrogen-bond acceptors (Lipinski definition) is 10. The van der Waals surface area contributed by atoms with Crippen LogP contribution in [-0.2, 0) is 23.2 Å². The standard InChI is InChI=1S/C28H37N7O4/c1-17(36)16-35-29-15-21(32-35)20-14-24(38-18(2)22-9-7-13-34(22)3)31-27(30-20)25-19-8-6-12-28(26(19)39-33-25)11-5-4-10-23(28)37/h14-15,17-18,22,36H,4-13,16H2,1-3H3/t17-,18-,22-,28+/m0/s1. The molecule has 2 fully saturated rings. The van der Waals surface area contributed by atoms with Gasteiger partial charge in [0.25, 0.3) is 0 Å². The van der Waals surface area contributed by atoms with Crippen LogP contribution in [0.4, 0.5) is 0 Å². The zero-order valence-electron chi connectivity index (χ0n) is 23.0. The van der Waals surface area contributed by atoms with Crippen LogP contribution < -0.4 is 4.74 Å². The first-order valence-corrected chi connectivity index (χ1v) is 14.2. The van der Waals surface area contributed by atoms with Crippen LogP contribution in [0.3, 0.4) is 0 Å². The summed E-state index contributed by atoms with van der Waals surface area (Å²) in [7, 11) is 2.12. The van der Waals surface area contributed by atoms with E-state index >= 15 is 0 Å². The zero-order valence-corrected chi connectivity index (χ0v) is 23.0. The van der Waals surface area contributed by atoms with E-state index in [9.17, 15) is 9.90 Å². The average molecular weight is 536 g/mol. The van der Waals surface area contributed by atoms with E-state index in [1.165, 1.54) is 4.80 Å². The van der Waals surface area contributed by atoms with Crippen molar-refractivity contribution in [2.24, 2.45) is 0 Å². The number of likely N-dealkylation sites (N-methyl/N-ethyl adjacent to an activating group) is 1. The Morgan fingerprint density at radius 3 is 2.77 bits per heavy atom. The number of carbonyl (C=O) groups is 1. The van der Waals surface area contributed by atoms with Crippen LogP contribution in [0.2, 0.25) is 0 Å². The van der Waals surface area contributed by atoms with Crippen LogP contribution in [0, 0.1) is 0 Å². The predicted molar refractivity (Wildman–Crippen MR) is 142 cm³/mol. The van der Waals surface area contributed by atoms with Crippen molar-refractivity contribution in [3.63, 3.8) is 0 Å². The molecule has 3 aliphatic rings. The molecule has 1 saturated carbocycles. The second kappa shape index (κ2) is 10.4. The van der Waals surface area contributed by atoms with Crippen LogP contribution in [-0.4, -0.2) is 77.8 Å². The van der Waals surface area contributed by atoms with Gasteiger partial charge in [0.15, 0.2) is 17.3 Å². The summed E-state index contributed by atoms with van der Waals surface area (Å²) >= 11 is 0. The van der Waals surface area contributed by atoms with E-state index in [1.807, 2.05) is 0 Å². The average Bonchev–Trinajstić information content (AvgIpc) is 3.66. The number of fused-ring (bicyclic) bond motifs is 2. The first-order chi connectivity index (χ1) is 18.8. The molecule has 3 aromatic rings. The Bertz CT molecular complexity index is 1350. The number of Topliss-reactive ketones (excluding diaryl/α,β-unsaturated/α-hetero) is 1. The Morgan fingerprint density at radius 1 is 1.15 bits per heavy atom. The SMILES string of the molecule is C[C@H](O)Cn1ncc(-c2cc(O[C@@H](C)[C@@H]3CCCN3C)nc(-c3noc4c3CCC[C@@]43CCCCC3=O)n2)n1. The highest BCUT2D eigenvalue weighted by Crippen LogP contribution is 2.47. The Hall–Kier alpha value is -3.18. The summed E-state index contributed by atoms with van der Waals surface area (Å²) in [5.41, 5.74) is 2.03. The summed E-state index contributed by atoms with van der Waals surface area (Å²) < 4.78 is 12.4. The predicted octanol–water partition coefficient (Wildman–Crippen LogP) is 3.35. The molecule has 0 aromatic carbocycles. The summed E-state index contributed by atoms with van der Waals surface area (Å²) in [4.78, 5) is 26.6. The van der Waals surface area contributed by atoms with Gasteiger partial charge in [-0.25, -0.2) is 4.98 Å². The lowest BCUT2D eigenvalue weighted by molar-refractivity contribution is -0.128. The third kappa shape index (κ3) is 4.86. The van der Waals surface area contributed by atoms with Crippen LogP contribution in [0.5, 0.6) is 5.88 Å². The van der Waals surface area contributed by atoms with Crippen molar-refractivity contribution in [2.45, 2.75) is 102 Å². The maximum absolute atomic E-state index is 13.1. The molecule has 1 saturated heterocycles. The third-order valence-electron chi connectivity index (χ3n) is 8.61. The highest BCUT2D eigenvalue weighted by atomic mass is 16.5. The molecule has 208 valence electrons. The molecule has 0 radical (unpaired) electrons. The lowest BCUT2D eigenvalue weighted by Crippen LogP contribution is -2.41. The molecular formula is C28H37N7O4. The van der Waals surface area contributed by atoms with Gasteiger partial charge in [-0.3, -0.25) is 9.69 Å². The van der Waals surface area contributed by atoms with Gasteiger partial charge in [0, 0.05) is 24.1 Å². The van der Waals surface area contributed by atoms with Gasteiger partial charge >= 0.3 is 0 Å². The summed E-state index contributed by atoms with van der Waals surface area (Å²) in [6, 6.07) is 2.08. The van der Waals surface area contributed by atoms with Gasteiger partial charge in [0.2, 0.25) is 5.88 Å². The quantitative estimate of drug-likeness (QED) is 0.480. The minimum Gasteiger partial charge on any atom is -0.473 e. The Kier molecular flexibility index (Phi) is 6.96. The number of ether oxygens (including phenoxy) is 1. The largest absolute Gasteiger partial charge is 0.473 e. The second-order valence-electron chi connectivity index (χ2n) is 11.5. The van der Waals surface area contributed by atoms with E-state index < -0.39 is 11.5 Å². The van der Waals surface area contributed by atoms with Crippen molar-refractivity contribution >= 4 is 5.78 Å². The van der Waals surface area contributed by atoms with Gasteiger partial charge < -0.3 is 14.4 Å². The van der Waals surface area contributed by atoms with Crippen molar-refractivity contribution in [2.75, 3.05) is 13.6 Å². The van der Waals surface area contributed by atoms with Crippen molar-refractivity contribution in [1.29, 1.82) is 0 Å². The third-order valence-corrected chi connectivity index (χ3v) is 8.61. The van der Waals surface area contributed by atoms with E-state index in [1.54, 1.807) is 19.2 Å². The molecule has 1 spiro atoms. The van der Waals surface area contributed by atoms with Gasteiger partial charge in [-0.05, 0) is 72.4 Å². The fourth-order valence-electron chi connectivity index (χ4n) is 6.63. The molecule has 11 nitrogen and oxygen atoms in total. The molecule has 1 aliphatic heterocycles. The Morgan fingerprint density at radius 2 is 2.00 bits per heavy atom. The minimum absolute atomic E-state index is 0.0756. The molecular weight excluding hydrogens is 498 g/mol. The summed E-state index contributed by atoms with van der Waals surface area (Å²) in [5, 5.41) is 23.0. The molecule has 4 heterocycles. The van der Waals surface area contributed by atoms with E-state index in [0.29, 0.717) is 47.0 Å². The zero-order chi connectivity index (χ0) is 27.1. The van der Waals surface area contributed by atoms with E-state index in [4.69, 9.17) is 19.2 Å². The molecule has 4 atom stereocenters. The monoisotopic (exact) mass is 535 g/mol. The second-order valence-corrected chi connectivity index (χ2v) is 11.5. The molecule has 0 unspecified atom stereocenters. The summed E-state index contributed by atoms with van der Waals surface area (Å²) in [6.45, 7) is 5.09. The van der Waals surface area contributed by atoms with Crippen LogP contribution in [0.15, 0.2) is 16.8 Å². The van der Waals surface area contributed by atoms with Gasteiger partial charge in [0.05, 0.1) is 24.3 Å². The maximum Gasteiger partial charge on any atom is 0.217 e. The molecule has 0 bridgehead atoms. The Labute approximate surface area is 227 Å². The Balaban J connectivity index is 1.40. The fraction of sp³-hybridized carbons (Fsp3) is 0.643. The van der Waals surface area contributed by atoms with Crippen molar-refractivity contribution < 1.29 is 19.2 Å². The van der Waals surface area contributed by atoms with Gasteiger partial charge in [0.1, 0.15) is 23.3 Å². The van der Waals surface area contributed by atoms with Crippen molar-refractivity contribution in [3.05, 3.63) is 23.6 Å². The number of aliphatic hydroxyl groups is 1. The van der Waals surface area contributed by atoms with E-state index in [-0.39, 0.29) is 18.4 Å². The fourth-order valence-corrected chi connectivity index (χ4v) is 6.63. The number of aliphatic hydroxyl groups excluding tert-OH is 1. The molecule has 0 amide bonds. The number of hydrogen-bond donors (Lipinski definition) is 1. The van der Waals surface area contributed by atoms with Crippen LogP contribution in [0.1, 0.15) is 76.5 Å². The minimum atomic E-state index is -0.578. The number of nitrogens with zero attached hydrogens (tertiary/aromatic N) is 7. The number of carbonyl (C=O) groups excluding carboxylic acids is 1. The van der Waals surface area contributed by atoms with Gasteiger partial charge in [-0.2, -0.15) is 20.0 Å². The summed E-state index contributed by atoms with van der Waals surface area (Å²) in [6.07, 6.45) is 9.01. The van der Waals surface area contributed by atoms with Crippen LogP contribution >= 0.6 is 0 Å². The number of rotatable bonds is 7. The highest BCUT2D eigenvalue weighted by molar-refractivity contribution is 5.91. The van der Waals surface area contributed by atoms with Gasteiger partial charge in [-0.1, -0.05) is 11.6 Å². The number of aromatic nitrogens is 6. The summed E-state index contributed by atoms with van der Waals surface area (Å²) in [5.74, 6) is 1.79. The van der Waals surface area contributed by atoms with Gasteiger partial charge in [-0.15, -0.1) is 0 Å². The molecule has 3 aromatic heterocycles. The normalized spacial score (nSPS) is 25.1. The molecule has 39 heavy (non-hydrogen) atoms. The van der Waals surface area contributed by atoms with Crippen molar-refractivity contribution in [1.82, 2.24) is 35.0 Å². The number of ketones is 1. The van der Waals surface area contributed by atoms with E-state index in [2.05, 4.69) is 34.2 Å². The number of likely N-dealkylation sites (tertiary alicyclic amines) is 1. The smallest absolute Gasteiger partial charge is 0.217 e. The maximum atomic E-state index is 13.1. The molecule has 6 rings (SSSR count). The first-order valence-electron chi connectivity index (χ1n) is 14.2.